The molecule has 0 aliphatic heterocycles. The summed E-state index contributed by atoms with van der Waals surface area (Å²) in [5.74, 6) is -0.424. The van der Waals surface area contributed by atoms with Crippen LogP contribution in [0.2, 0.25) is 5.02 Å². The van der Waals surface area contributed by atoms with E-state index >= 15 is 0 Å². The maximum Gasteiger partial charge on any atom is 0.132 e. The minimum atomic E-state index is -0.970. The first-order valence-corrected chi connectivity index (χ1v) is 5.88. The average molecular weight is 258 g/mol. The number of thiazole rings is 1. The zero-order valence-corrected chi connectivity index (χ0v) is 10.0. The van der Waals surface area contributed by atoms with Crippen LogP contribution < -0.4 is 0 Å². The Morgan fingerprint density at radius 2 is 2.25 bits per heavy atom. The molecular weight excluding hydrogens is 249 g/mol. The van der Waals surface area contributed by atoms with E-state index in [0.717, 1.165) is 5.69 Å². The number of aliphatic hydroxyl groups is 1. The van der Waals surface area contributed by atoms with Crippen LogP contribution in [0, 0.1) is 12.7 Å². The lowest BCUT2D eigenvalue weighted by molar-refractivity contribution is 0.219. The van der Waals surface area contributed by atoms with Gasteiger partial charge in [0.2, 0.25) is 0 Å². The van der Waals surface area contributed by atoms with Gasteiger partial charge in [-0.15, -0.1) is 11.3 Å². The van der Waals surface area contributed by atoms with Crippen molar-refractivity contribution in [3.05, 3.63) is 50.7 Å². The van der Waals surface area contributed by atoms with Gasteiger partial charge in [0, 0.05) is 21.7 Å². The number of aliphatic hydroxyl groups excluding tert-OH is 1. The highest BCUT2D eigenvalue weighted by Crippen LogP contribution is 2.30. The van der Waals surface area contributed by atoms with Gasteiger partial charge in [-0.1, -0.05) is 11.6 Å². The molecule has 16 heavy (non-hydrogen) atoms. The summed E-state index contributed by atoms with van der Waals surface area (Å²) < 4.78 is 13.0. The van der Waals surface area contributed by atoms with Crippen LogP contribution in [-0.4, -0.2) is 10.1 Å². The fourth-order valence-electron chi connectivity index (χ4n) is 1.35. The number of halogens is 2. The fourth-order valence-corrected chi connectivity index (χ4v) is 2.37. The first-order valence-electron chi connectivity index (χ1n) is 4.63. The van der Waals surface area contributed by atoms with E-state index in [2.05, 4.69) is 4.98 Å². The van der Waals surface area contributed by atoms with E-state index in [4.69, 9.17) is 11.6 Å². The highest BCUT2D eigenvalue weighted by molar-refractivity contribution is 7.09. The Balaban J connectivity index is 2.40. The monoisotopic (exact) mass is 257 g/mol. The van der Waals surface area contributed by atoms with Gasteiger partial charge in [-0.25, -0.2) is 9.37 Å². The Morgan fingerprint density at radius 3 is 2.88 bits per heavy atom. The summed E-state index contributed by atoms with van der Waals surface area (Å²) in [5, 5.41) is 12.7. The number of hydrogen-bond donors (Lipinski definition) is 1. The van der Waals surface area contributed by atoms with Crippen LogP contribution in [0.3, 0.4) is 0 Å². The molecule has 1 heterocycles. The van der Waals surface area contributed by atoms with Crippen LogP contribution in [-0.2, 0) is 0 Å². The third-order valence-electron chi connectivity index (χ3n) is 2.12. The second kappa shape index (κ2) is 4.49. The average Bonchev–Trinajstić information content (AvgIpc) is 2.67. The second-order valence-electron chi connectivity index (χ2n) is 3.40. The molecule has 1 aromatic heterocycles. The van der Waals surface area contributed by atoms with E-state index in [1.807, 2.05) is 12.3 Å². The molecule has 2 nitrogen and oxygen atoms in total. The predicted octanol–water partition coefficient (Wildman–Crippen LogP) is 3.33. The number of aryl methyl sites for hydroxylation is 1. The highest BCUT2D eigenvalue weighted by Gasteiger charge is 2.17. The Kier molecular flexibility index (Phi) is 3.23. The van der Waals surface area contributed by atoms with Crippen LogP contribution in [0.4, 0.5) is 4.39 Å². The summed E-state index contributed by atoms with van der Waals surface area (Å²) in [4.78, 5) is 4.15. The molecule has 1 atom stereocenters. The van der Waals surface area contributed by atoms with E-state index < -0.39 is 11.9 Å². The Morgan fingerprint density at radius 1 is 1.50 bits per heavy atom. The SMILES string of the molecule is Cc1csc(C(O)c2cc(F)ccc2Cl)n1. The zero-order chi connectivity index (χ0) is 11.7. The molecule has 0 saturated heterocycles. The first kappa shape index (κ1) is 11.5. The van der Waals surface area contributed by atoms with Crippen LogP contribution >= 0.6 is 22.9 Å². The molecule has 1 unspecified atom stereocenters. The molecule has 0 radical (unpaired) electrons. The number of rotatable bonds is 2. The highest BCUT2D eigenvalue weighted by atomic mass is 35.5. The van der Waals surface area contributed by atoms with Gasteiger partial charge in [0.15, 0.2) is 0 Å². The summed E-state index contributed by atoms with van der Waals surface area (Å²) in [6, 6.07) is 3.91. The molecule has 0 saturated carbocycles. The van der Waals surface area contributed by atoms with Gasteiger partial charge in [0.25, 0.3) is 0 Å². The summed E-state index contributed by atoms with van der Waals surface area (Å²) in [6.45, 7) is 1.83. The van der Waals surface area contributed by atoms with Gasteiger partial charge >= 0.3 is 0 Å². The van der Waals surface area contributed by atoms with E-state index in [0.29, 0.717) is 15.6 Å². The summed E-state index contributed by atoms with van der Waals surface area (Å²) in [5.41, 5.74) is 1.17. The zero-order valence-electron chi connectivity index (χ0n) is 8.45. The quantitative estimate of drug-likeness (QED) is 0.895. The van der Waals surface area contributed by atoms with Gasteiger partial charge in [0.1, 0.15) is 16.9 Å². The minimum absolute atomic E-state index is 0.335. The standard InChI is InChI=1S/C11H9ClFNOS/c1-6-5-16-11(14-6)10(15)8-4-7(13)2-3-9(8)12/h2-5,10,15H,1H3. The van der Waals surface area contributed by atoms with Crippen molar-refractivity contribution in [2.45, 2.75) is 13.0 Å². The van der Waals surface area contributed by atoms with Gasteiger partial charge in [-0.05, 0) is 25.1 Å². The second-order valence-corrected chi connectivity index (χ2v) is 4.69. The van der Waals surface area contributed by atoms with Gasteiger partial charge in [-0.3, -0.25) is 0 Å². The Bertz CT molecular complexity index is 514. The molecule has 0 spiro atoms. The minimum Gasteiger partial charge on any atom is -0.381 e. The van der Waals surface area contributed by atoms with Gasteiger partial charge in [0.05, 0.1) is 0 Å². The van der Waals surface area contributed by atoms with Crippen LogP contribution in [0.25, 0.3) is 0 Å². The molecule has 0 aliphatic carbocycles. The van der Waals surface area contributed by atoms with Crippen molar-refractivity contribution in [3.63, 3.8) is 0 Å². The number of aromatic nitrogens is 1. The van der Waals surface area contributed by atoms with E-state index in [1.54, 1.807) is 0 Å². The molecule has 0 fully saturated rings. The van der Waals surface area contributed by atoms with Crippen molar-refractivity contribution >= 4 is 22.9 Å². The molecular formula is C11H9ClFNOS. The van der Waals surface area contributed by atoms with Crippen LogP contribution in [0.1, 0.15) is 22.4 Å². The molecule has 1 N–H and O–H groups in total. The smallest absolute Gasteiger partial charge is 0.132 e. The third kappa shape index (κ3) is 2.24. The first-order chi connectivity index (χ1) is 7.58. The van der Waals surface area contributed by atoms with Crippen molar-refractivity contribution in [2.75, 3.05) is 0 Å². The van der Waals surface area contributed by atoms with Gasteiger partial charge in [-0.2, -0.15) is 0 Å². The van der Waals surface area contributed by atoms with Crippen molar-refractivity contribution in [3.8, 4) is 0 Å². The maximum absolute atomic E-state index is 13.0. The molecule has 2 rings (SSSR count). The fraction of sp³-hybridized carbons (Fsp3) is 0.182. The molecule has 5 heteroatoms. The molecule has 2 aromatic rings. The predicted molar refractivity (Wildman–Crippen MR) is 62.3 cm³/mol. The molecule has 84 valence electrons. The summed E-state index contributed by atoms with van der Waals surface area (Å²) in [6.07, 6.45) is -0.970. The van der Waals surface area contributed by atoms with Crippen LogP contribution in [0.15, 0.2) is 23.6 Å². The van der Waals surface area contributed by atoms with E-state index in [1.165, 1.54) is 29.5 Å². The topological polar surface area (TPSA) is 33.1 Å². The van der Waals surface area contributed by atoms with Crippen molar-refractivity contribution in [1.82, 2.24) is 4.98 Å². The van der Waals surface area contributed by atoms with Crippen molar-refractivity contribution in [1.29, 1.82) is 0 Å². The van der Waals surface area contributed by atoms with Crippen molar-refractivity contribution < 1.29 is 9.50 Å². The molecule has 0 bridgehead atoms. The number of hydrogen-bond acceptors (Lipinski definition) is 3. The molecule has 0 amide bonds. The van der Waals surface area contributed by atoms with Crippen molar-refractivity contribution in [2.24, 2.45) is 0 Å². The van der Waals surface area contributed by atoms with Crippen LogP contribution in [0.5, 0.6) is 0 Å². The van der Waals surface area contributed by atoms with E-state index in [-0.39, 0.29) is 0 Å². The van der Waals surface area contributed by atoms with Gasteiger partial charge < -0.3 is 5.11 Å². The molecule has 0 aliphatic rings. The molecule has 1 aromatic carbocycles. The summed E-state index contributed by atoms with van der Waals surface area (Å²) in [7, 11) is 0. The Labute approximate surface area is 101 Å². The third-order valence-corrected chi connectivity index (χ3v) is 3.48. The largest absolute Gasteiger partial charge is 0.381 e. The maximum atomic E-state index is 13.0. The lowest BCUT2D eigenvalue weighted by Gasteiger charge is -2.09. The Hall–Kier alpha value is -0.970. The number of nitrogens with zero attached hydrogens (tertiary/aromatic N) is 1. The normalized spacial score (nSPS) is 12.8. The van der Waals surface area contributed by atoms with E-state index in [9.17, 15) is 9.50 Å². The number of benzene rings is 1. The lowest BCUT2D eigenvalue weighted by Crippen LogP contribution is -2.00. The lowest BCUT2D eigenvalue weighted by atomic mass is 10.1. The summed E-state index contributed by atoms with van der Waals surface area (Å²) >= 11 is 7.22.